The normalized spacial score (nSPS) is 25.7. The van der Waals surface area contributed by atoms with E-state index in [0.29, 0.717) is 22.9 Å². The summed E-state index contributed by atoms with van der Waals surface area (Å²) in [5.74, 6) is 0.00180. The monoisotopic (exact) mass is 348 g/mol. The number of halogens is 1. The first-order valence-corrected chi connectivity index (χ1v) is 8.97. The molecule has 2 N–H and O–H groups in total. The number of furan rings is 1. The van der Waals surface area contributed by atoms with Gasteiger partial charge in [0, 0.05) is 28.6 Å². The number of fused-ring (bicyclic) bond motifs is 2. The summed E-state index contributed by atoms with van der Waals surface area (Å²) in [4.78, 5) is 13.4. The maximum Gasteiger partial charge on any atom is 0.251 e. The summed E-state index contributed by atoms with van der Waals surface area (Å²) in [6.45, 7) is 0. The molecule has 0 saturated carbocycles. The topological polar surface area (TPSA) is 54.3 Å². The molecule has 2 aliphatic rings. The molecule has 2 fully saturated rings. The molecule has 6 heteroatoms. The fourth-order valence-corrected chi connectivity index (χ4v) is 4.34. The van der Waals surface area contributed by atoms with Crippen molar-refractivity contribution in [3.05, 3.63) is 47.2 Å². The van der Waals surface area contributed by atoms with E-state index < -0.39 is 0 Å². The summed E-state index contributed by atoms with van der Waals surface area (Å²) in [7, 11) is 0. The molecule has 2 aliphatic heterocycles. The summed E-state index contributed by atoms with van der Waals surface area (Å²) >= 11 is 7.24. The first kappa shape index (κ1) is 15.1. The average Bonchev–Trinajstić information content (AvgIpc) is 3.25. The van der Waals surface area contributed by atoms with Crippen molar-refractivity contribution < 1.29 is 9.21 Å². The Labute approximate surface area is 144 Å². The predicted molar refractivity (Wildman–Crippen MR) is 90.1 cm³/mol. The second-order valence-electron chi connectivity index (χ2n) is 6.05. The van der Waals surface area contributed by atoms with Gasteiger partial charge in [0.1, 0.15) is 0 Å². The number of carbonyl (C=O) groups excluding carboxylic acids is 1. The summed E-state index contributed by atoms with van der Waals surface area (Å²) in [5, 5.41) is 7.80. The van der Waals surface area contributed by atoms with E-state index in [0.717, 1.165) is 22.8 Å². The van der Waals surface area contributed by atoms with Crippen molar-refractivity contribution in [1.82, 2.24) is 10.6 Å². The molecule has 4 nitrogen and oxygen atoms in total. The van der Waals surface area contributed by atoms with Crippen LogP contribution in [0.5, 0.6) is 0 Å². The van der Waals surface area contributed by atoms with Crippen molar-refractivity contribution in [2.24, 2.45) is 0 Å². The number of hydrogen-bond acceptors (Lipinski definition) is 4. The predicted octanol–water partition coefficient (Wildman–Crippen LogP) is 3.71. The standard InChI is InChI=1S/C17H17ClN2O2S/c18-15-7-8-16(22-15)23-12-4-1-10(2-5-12)17(21)20-14-9-11-3-6-13(14)19-11/h1-2,4-5,7-8,11,13-14,19H,3,6,9H2,(H,20,21)/t11-,13+,14-/m1/s1. The van der Waals surface area contributed by atoms with Crippen molar-refractivity contribution >= 4 is 29.3 Å². The van der Waals surface area contributed by atoms with Gasteiger partial charge in [-0.1, -0.05) is 11.8 Å². The Kier molecular flexibility index (Phi) is 4.09. The Balaban J connectivity index is 1.38. The van der Waals surface area contributed by atoms with Crippen LogP contribution in [0.4, 0.5) is 0 Å². The van der Waals surface area contributed by atoms with Crippen molar-refractivity contribution in [1.29, 1.82) is 0 Å². The molecular weight excluding hydrogens is 332 g/mol. The lowest BCUT2D eigenvalue weighted by molar-refractivity contribution is 0.0931. The molecule has 4 rings (SSSR count). The van der Waals surface area contributed by atoms with E-state index >= 15 is 0 Å². The zero-order valence-electron chi connectivity index (χ0n) is 12.4. The van der Waals surface area contributed by atoms with E-state index in [2.05, 4.69) is 10.6 Å². The molecule has 0 aliphatic carbocycles. The third kappa shape index (κ3) is 3.27. The Morgan fingerprint density at radius 3 is 2.65 bits per heavy atom. The second-order valence-corrected chi connectivity index (χ2v) is 7.50. The second kappa shape index (κ2) is 6.23. The zero-order chi connectivity index (χ0) is 15.8. The molecule has 3 atom stereocenters. The van der Waals surface area contributed by atoms with Crippen LogP contribution in [0.15, 0.2) is 50.8 Å². The maximum absolute atomic E-state index is 12.4. The van der Waals surface area contributed by atoms with E-state index in [1.165, 1.54) is 18.2 Å². The van der Waals surface area contributed by atoms with Crippen molar-refractivity contribution in [2.45, 2.75) is 47.4 Å². The molecule has 2 aromatic rings. The molecular formula is C17H17ClN2O2S. The molecule has 2 saturated heterocycles. The van der Waals surface area contributed by atoms with Crippen molar-refractivity contribution in [3.8, 4) is 0 Å². The van der Waals surface area contributed by atoms with Gasteiger partial charge in [-0.25, -0.2) is 0 Å². The highest BCUT2D eigenvalue weighted by Crippen LogP contribution is 2.31. The van der Waals surface area contributed by atoms with E-state index in [1.807, 2.05) is 30.3 Å². The Morgan fingerprint density at radius 2 is 2.04 bits per heavy atom. The number of nitrogens with one attached hydrogen (secondary N) is 2. The van der Waals surface area contributed by atoms with Crippen LogP contribution in [0.2, 0.25) is 5.22 Å². The average molecular weight is 349 g/mol. The number of amides is 1. The minimum atomic E-state index is 0.00180. The van der Waals surface area contributed by atoms with Gasteiger partial charge in [0.2, 0.25) is 0 Å². The molecule has 23 heavy (non-hydrogen) atoms. The Morgan fingerprint density at radius 1 is 1.22 bits per heavy atom. The molecule has 1 aromatic heterocycles. The van der Waals surface area contributed by atoms with Gasteiger partial charge in [0.15, 0.2) is 10.3 Å². The molecule has 0 spiro atoms. The number of hydrogen-bond donors (Lipinski definition) is 2. The van der Waals surface area contributed by atoms with Gasteiger partial charge in [-0.05, 0) is 67.3 Å². The molecule has 3 heterocycles. The third-order valence-electron chi connectivity index (χ3n) is 4.50. The first-order valence-electron chi connectivity index (χ1n) is 7.77. The lowest BCUT2D eigenvalue weighted by Crippen LogP contribution is -2.42. The SMILES string of the molecule is O=C(N[C@@H]1C[C@H]2CC[C@@H]1N2)c1ccc(Sc2ccc(Cl)o2)cc1. The highest BCUT2D eigenvalue weighted by molar-refractivity contribution is 7.99. The van der Waals surface area contributed by atoms with Crippen LogP contribution < -0.4 is 10.6 Å². The number of carbonyl (C=O) groups is 1. The van der Waals surface area contributed by atoms with Gasteiger partial charge in [-0.3, -0.25) is 4.79 Å². The molecule has 1 aromatic carbocycles. The zero-order valence-corrected chi connectivity index (χ0v) is 14.0. The fraction of sp³-hybridized carbons (Fsp3) is 0.353. The van der Waals surface area contributed by atoms with Crippen LogP contribution in [0, 0.1) is 0 Å². The van der Waals surface area contributed by atoms with Crippen LogP contribution in [-0.2, 0) is 0 Å². The quantitative estimate of drug-likeness (QED) is 0.884. The summed E-state index contributed by atoms with van der Waals surface area (Å²) in [6, 6.07) is 12.4. The largest absolute Gasteiger partial charge is 0.438 e. The third-order valence-corrected chi connectivity index (χ3v) is 5.63. The highest BCUT2D eigenvalue weighted by Gasteiger charge is 2.39. The molecule has 120 valence electrons. The summed E-state index contributed by atoms with van der Waals surface area (Å²) in [5.41, 5.74) is 0.689. The Hall–Kier alpha value is -1.43. The number of rotatable bonds is 4. The van der Waals surface area contributed by atoms with Gasteiger partial charge in [-0.15, -0.1) is 0 Å². The lowest BCUT2D eigenvalue weighted by Gasteiger charge is -2.21. The number of benzene rings is 1. The van der Waals surface area contributed by atoms with Crippen LogP contribution in [-0.4, -0.2) is 24.0 Å². The summed E-state index contributed by atoms with van der Waals surface area (Å²) < 4.78 is 5.32. The van der Waals surface area contributed by atoms with Crippen LogP contribution in [0.1, 0.15) is 29.6 Å². The van der Waals surface area contributed by atoms with Crippen LogP contribution in [0.3, 0.4) is 0 Å². The molecule has 1 amide bonds. The summed E-state index contributed by atoms with van der Waals surface area (Å²) in [6.07, 6.45) is 3.44. The van der Waals surface area contributed by atoms with E-state index in [9.17, 15) is 4.79 Å². The van der Waals surface area contributed by atoms with Gasteiger partial charge in [0.25, 0.3) is 5.91 Å². The first-order chi connectivity index (χ1) is 11.2. The van der Waals surface area contributed by atoms with Gasteiger partial charge in [-0.2, -0.15) is 0 Å². The van der Waals surface area contributed by atoms with Crippen LogP contribution >= 0.6 is 23.4 Å². The van der Waals surface area contributed by atoms with Crippen LogP contribution in [0.25, 0.3) is 0 Å². The maximum atomic E-state index is 12.4. The Bertz CT molecular complexity index is 716. The van der Waals surface area contributed by atoms with Crippen molar-refractivity contribution in [3.63, 3.8) is 0 Å². The fourth-order valence-electron chi connectivity index (χ4n) is 3.38. The molecule has 2 bridgehead atoms. The molecule has 0 unspecified atom stereocenters. The molecule has 0 radical (unpaired) electrons. The van der Waals surface area contributed by atoms with Crippen molar-refractivity contribution in [2.75, 3.05) is 0 Å². The lowest BCUT2D eigenvalue weighted by atomic mass is 9.95. The minimum absolute atomic E-state index is 0.00180. The smallest absolute Gasteiger partial charge is 0.251 e. The van der Waals surface area contributed by atoms with E-state index in [-0.39, 0.29) is 11.9 Å². The van der Waals surface area contributed by atoms with Gasteiger partial charge < -0.3 is 15.1 Å². The highest BCUT2D eigenvalue weighted by atomic mass is 35.5. The van der Waals surface area contributed by atoms with Gasteiger partial charge >= 0.3 is 0 Å². The van der Waals surface area contributed by atoms with E-state index in [1.54, 1.807) is 6.07 Å². The van der Waals surface area contributed by atoms with Gasteiger partial charge in [0.05, 0.1) is 0 Å². The van der Waals surface area contributed by atoms with E-state index in [4.69, 9.17) is 16.0 Å². The minimum Gasteiger partial charge on any atom is -0.438 e.